The summed E-state index contributed by atoms with van der Waals surface area (Å²) in [5.74, 6) is 0.164. The average Bonchev–Trinajstić information content (AvgIpc) is 3.52. The highest BCUT2D eigenvalue weighted by molar-refractivity contribution is 9.10. The third kappa shape index (κ3) is 4.40. The maximum Gasteiger partial charge on any atom is 0.246 e. The standard InChI is InChI=1S/C22H27BrN2O4S/c1-4-25(5-2)30(27,28)20-15-18(11-12-19(20)29-6-3)24-21(26)22(13-14-22)16-7-9-17(23)10-8-16/h7-12,15H,4-6,13-14H2,1-3H3,(H,24,26). The molecule has 1 saturated carbocycles. The van der Waals surface area contributed by atoms with E-state index in [1.807, 2.05) is 24.3 Å². The van der Waals surface area contributed by atoms with Crippen molar-refractivity contribution in [2.45, 2.75) is 43.9 Å². The van der Waals surface area contributed by atoms with E-state index in [9.17, 15) is 13.2 Å². The lowest BCUT2D eigenvalue weighted by atomic mass is 9.95. The van der Waals surface area contributed by atoms with E-state index >= 15 is 0 Å². The van der Waals surface area contributed by atoms with Crippen LogP contribution in [0.4, 0.5) is 5.69 Å². The van der Waals surface area contributed by atoms with Crippen molar-refractivity contribution in [1.29, 1.82) is 0 Å². The molecule has 0 heterocycles. The summed E-state index contributed by atoms with van der Waals surface area (Å²) >= 11 is 3.42. The Morgan fingerprint density at radius 1 is 1.10 bits per heavy atom. The minimum atomic E-state index is -3.74. The normalized spacial score (nSPS) is 15.1. The van der Waals surface area contributed by atoms with E-state index in [1.165, 1.54) is 10.4 Å². The zero-order valence-electron chi connectivity index (χ0n) is 17.4. The zero-order valence-corrected chi connectivity index (χ0v) is 19.8. The summed E-state index contributed by atoms with van der Waals surface area (Å²) < 4.78 is 34.1. The lowest BCUT2D eigenvalue weighted by Gasteiger charge is -2.21. The number of ether oxygens (including phenoxy) is 1. The van der Waals surface area contributed by atoms with Crippen LogP contribution in [-0.4, -0.2) is 38.3 Å². The van der Waals surface area contributed by atoms with Gasteiger partial charge in [0.05, 0.1) is 12.0 Å². The summed E-state index contributed by atoms with van der Waals surface area (Å²) in [5.41, 5.74) is 0.847. The fourth-order valence-electron chi connectivity index (χ4n) is 3.56. The summed E-state index contributed by atoms with van der Waals surface area (Å²) in [5, 5.41) is 2.93. The Labute approximate surface area is 186 Å². The molecule has 0 unspecified atom stereocenters. The first-order chi connectivity index (χ1) is 14.3. The van der Waals surface area contributed by atoms with Crippen LogP contribution in [0, 0.1) is 0 Å². The van der Waals surface area contributed by atoms with Gasteiger partial charge < -0.3 is 10.1 Å². The number of hydrogen-bond donors (Lipinski definition) is 1. The van der Waals surface area contributed by atoms with Gasteiger partial charge in [0.15, 0.2) is 0 Å². The molecule has 8 heteroatoms. The largest absolute Gasteiger partial charge is 0.492 e. The minimum Gasteiger partial charge on any atom is -0.492 e. The van der Waals surface area contributed by atoms with Gasteiger partial charge in [-0.25, -0.2) is 8.42 Å². The number of amides is 1. The van der Waals surface area contributed by atoms with Crippen LogP contribution in [0.5, 0.6) is 5.75 Å². The number of nitrogens with zero attached hydrogens (tertiary/aromatic N) is 1. The summed E-state index contributed by atoms with van der Waals surface area (Å²) in [6.45, 7) is 6.45. The SMILES string of the molecule is CCOc1ccc(NC(=O)C2(c3ccc(Br)cc3)CC2)cc1S(=O)(=O)N(CC)CC. The van der Waals surface area contributed by atoms with Crippen LogP contribution in [0.2, 0.25) is 0 Å². The number of hydrogen-bond acceptors (Lipinski definition) is 4. The minimum absolute atomic E-state index is 0.0688. The van der Waals surface area contributed by atoms with E-state index in [2.05, 4.69) is 21.2 Å². The van der Waals surface area contributed by atoms with Gasteiger partial charge in [0.25, 0.3) is 0 Å². The van der Waals surface area contributed by atoms with Crippen LogP contribution in [0.3, 0.4) is 0 Å². The summed E-state index contributed by atoms with van der Waals surface area (Å²) in [6.07, 6.45) is 1.53. The second-order valence-corrected chi connectivity index (χ2v) is 10.0. The molecule has 3 rings (SSSR count). The molecule has 1 aliphatic rings. The van der Waals surface area contributed by atoms with Gasteiger partial charge in [0.2, 0.25) is 15.9 Å². The molecular formula is C22H27BrN2O4S. The monoisotopic (exact) mass is 494 g/mol. The quantitative estimate of drug-likeness (QED) is 0.554. The molecule has 1 N–H and O–H groups in total. The highest BCUT2D eigenvalue weighted by Crippen LogP contribution is 2.49. The van der Waals surface area contributed by atoms with Crippen molar-refractivity contribution in [1.82, 2.24) is 4.31 Å². The van der Waals surface area contributed by atoms with Crippen molar-refractivity contribution >= 4 is 37.5 Å². The topological polar surface area (TPSA) is 75.7 Å². The van der Waals surface area contributed by atoms with Crippen molar-refractivity contribution < 1.29 is 17.9 Å². The third-order valence-electron chi connectivity index (χ3n) is 5.41. The lowest BCUT2D eigenvalue weighted by Crippen LogP contribution is -2.31. The zero-order chi connectivity index (χ0) is 21.9. The van der Waals surface area contributed by atoms with E-state index in [-0.39, 0.29) is 16.6 Å². The second kappa shape index (κ2) is 9.08. The molecule has 0 aromatic heterocycles. The van der Waals surface area contributed by atoms with Crippen molar-refractivity contribution in [2.75, 3.05) is 25.0 Å². The molecule has 2 aromatic carbocycles. The van der Waals surface area contributed by atoms with Crippen LogP contribution in [0.1, 0.15) is 39.2 Å². The highest BCUT2D eigenvalue weighted by Gasteiger charge is 2.51. The van der Waals surface area contributed by atoms with Crippen LogP contribution < -0.4 is 10.1 Å². The predicted octanol–water partition coefficient (Wildman–Crippen LogP) is 4.55. The molecular weight excluding hydrogens is 468 g/mol. The Morgan fingerprint density at radius 2 is 1.73 bits per heavy atom. The van der Waals surface area contributed by atoms with Crippen molar-refractivity contribution in [2.24, 2.45) is 0 Å². The first kappa shape index (κ1) is 22.8. The molecule has 0 atom stereocenters. The number of rotatable bonds is 9. The second-order valence-electron chi connectivity index (χ2n) is 7.23. The molecule has 6 nitrogen and oxygen atoms in total. The van der Waals surface area contributed by atoms with Crippen molar-refractivity contribution in [3.63, 3.8) is 0 Å². The van der Waals surface area contributed by atoms with Crippen LogP contribution in [-0.2, 0) is 20.2 Å². The van der Waals surface area contributed by atoms with Crippen LogP contribution in [0.15, 0.2) is 51.8 Å². The van der Waals surface area contributed by atoms with Gasteiger partial charge in [-0.15, -0.1) is 0 Å². The number of halogens is 1. The Bertz CT molecular complexity index is 1010. The highest BCUT2D eigenvalue weighted by atomic mass is 79.9. The van der Waals surface area contributed by atoms with Gasteiger partial charge in [0, 0.05) is 23.2 Å². The summed E-state index contributed by atoms with van der Waals surface area (Å²) in [7, 11) is -3.74. The van der Waals surface area contributed by atoms with Crippen LogP contribution in [0.25, 0.3) is 0 Å². The Balaban J connectivity index is 1.92. The number of benzene rings is 2. The first-order valence-corrected chi connectivity index (χ1v) is 12.4. The van der Waals surface area contributed by atoms with E-state index < -0.39 is 15.4 Å². The van der Waals surface area contributed by atoms with Gasteiger partial charge >= 0.3 is 0 Å². The van der Waals surface area contributed by atoms with Crippen molar-refractivity contribution in [3.05, 3.63) is 52.5 Å². The summed E-state index contributed by atoms with van der Waals surface area (Å²) in [4.78, 5) is 13.2. The van der Waals surface area contributed by atoms with Gasteiger partial charge in [0.1, 0.15) is 10.6 Å². The molecule has 1 fully saturated rings. The first-order valence-electron chi connectivity index (χ1n) is 10.1. The molecule has 0 spiro atoms. The number of carbonyl (C=O) groups excluding carboxylic acids is 1. The van der Waals surface area contributed by atoms with E-state index in [0.717, 1.165) is 22.9 Å². The Hall–Kier alpha value is -1.90. The van der Waals surface area contributed by atoms with E-state index in [1.54, 1.807) is 32.9 Å². The number of sulfonamides is 1. The smallest absolute Gasteiger partial charge is 0.246 e. The Kier molecular flexibility index (Phi) is 6.89. The van der Waals surface area contributed by atoms with Gasteiger partial charge in [-0.2, -0.15) is 4.31 Å². The average molecular weight is 495 g/mol. The molecule has 0 saturated heterocycles. The number of nitrogens with one attached hydrogen (secondary N) is 1. The van der Waals surface area contributed by atoms with Gasteiger partial charge in [-0.1, -0.05) is 41.9 Å². The molecule has 0 radical (unpaired) electrons. The number of carbonyl (C=O) groups is 1. The van der Waals surface area contributed by atoms with Crippen molar-refractivity contribution in [3.8, 4) is 5.75 Å². The maximum absolute atomic E-state index is 13.1. The molecule has 30 heavy (non-hydrogen) atoms. The lowest BCUT2D eigenvalue weighted by molar-refractivity contribution is -0.118. The molecule has 2 aromatic rings. The van der Waals surface area contributed by atoms with Gasteiger partial charge in [-0.05, 0) is 55.7 Å². The molecule has 0 bridgehead atoms. The molecule has 162 valence electrons. The number of anilines is 1. The van der Waals surface area contributed by atoms with E-state index in [4.69, 9.17) is 4.74 Å². The molecule has 0 aliphatic heterocycles. The maximum atomic E-state index is 13.1. The summed E-state index contributed by atoms with van der Waals surface area (Å²) in [6, 6.07) is 12.5. The van der Waals surface area contributed by atoms with E-state index in [0.29, 0.717) is 25.4 Å². The van der Waals surface area contributed by atoms with Crippen LogP contribution >= 0.6 is 15.9 Å². The third-order valence-corrected chi connectivity index (χ3v) is 8.01. The molecule has 1 amide bonds. The van der Waals surface area contributed by atoms with Gasteiger partial charge in [-0.3, -0.25) is 4.79 Å². The fourth-order valence-corrected chi connectivity index (χ4v) is 5.44. The molecule has 1 aliphatic carbocycles. The predicted molar refractivity (Wildman–Crippen MR) is 121 cm³/mol. The fraction of sp³-hybridized carbons (Fsp3) is 0.409. The Morgan fingerprint density at radius 3 is 2.27 bits per heavy atom.